The monoisotopic (exact) mass is 333 g/mol. The molecule has 128 valence electrons. The molecule has 1 aliphatic rings. The number of likely N-dealkylation sites (tertiary alicyclic amines) is 1. The lowest BCUT2D eigenvalue weighted by molar-refractivity contribution is -0.143. The second kappa shape index (κ2) is 7.63. The number of halogens is 4. The number of hydrogen-bond donors (Lipinski definition) is 2. The first-order valence-electron chi connectivity index (χ1n) is 7.40. The van der Waals surface area contributed by atoms with Gasteiger partial charge in [0.05, 0.1) is 6.54 Å². The summed E-state index contributed by atoms with van der Waals surface area (Å²) in [7, 11) is 0. The van der Waals surface area contributed by atoms with Crippen LogP contribution in [0.3, 0.4) is 0 Å². The van der Waals surface area contributed by atoms with Crippen molar-refractivity contribution in [2.75, 3.05) is 26.2 Å². The molecule has 8 heteroatoms. The molecule has 4 nitrogen and oxygen atoms in total. The maximum atomic E-state index is 13.4. The summed E-state index contributed by atoms with van der Waals surface area (Å²) in [6.45, 7) is -0.217. The van der Waals surface area contributed by atoms with Crippen LogP contribution in [-0.2, 0) is 6.42 Å². The summed E-state index contributed by atoms with van der Waals surface area (Å²) < 4.78 is 50.3. The highest BCUT2D eigenvalue weighted by molar-refractivity contribution is 5.74. The third-order valence-corrected chi connectivity index (χ3v) is 3.65. The molecule has 1 saturated heterocycles. The van der Waals surface area contributed by atoms with Crippen LogP contribution in [0.1, 0.15) is 12.0 Å². The maximum absolute atomic E-state index is 13.4. The molecule has 0 spiro atoms. The fourth-order valence-corrected chi connectivity index (χ4v) is 2.60. The van der Waals surface area contributed by atoms with Crippen LogP contribution < -0.4 is 10.6 Å². The number of amides is 2. The summed E-state index contributed by atoms with van der Waals surface area (Å²) in [5.41, 5.74) is 0.505. The van der Waals surface area contributed by atoms with Crippen molar-refractivity contribution in [1.29, 1.82) is 0 Å². The molecular weight excluding hydrogens is 314 g/mol. The van der Waals surface area contributed by atoms with Crippen LogP contribution >= 0.6 is 0 Å². The van der Waals surface area contributed by atoms with Crippen molar-refractivity contribution in [2.45, 2.75) is 25.1 Å². The average Bonchev–Trinajstić information content (AvgIpc) is 2.85. The Morgan fingerprint density at radius 3 is 2.74 bits per heavy atom. The van der Waals surface area contributed by atoms with Crippen molar-refractivity contribution in [3.05, 3.63) is 35.6 Å². The Kier molecular flexibility index (Phi) is 5.81. The number of rotatable bonds is 5. The van der Waals surface area contributed by atoms with Crippen molar-refractivity contribution in [3.63, 3.8) is 0 Å². The van der Waals surface area contributed by atoms with Gasteiger partial charge in [0.2, 0.25) is 0 Å². The van der Waals surface area contributed by atoms with Gasteiger partial charge in [-0.05, 0) is 24.5 Å². The Hall–Kier alpha value is -1.83. The number of nitrogens with one attached hydrogen (secondary N) is 2. The summed E-state index contributed by atoms with van der Waals surface area (Å²) in [6, 6.07) is 5.55. The summed E-state index contributed by atoms with van der Waals surface area (Å²) in [6.07, 6.45) is -3.39. The Labute approximate surface area is 131 Å². The number of benzene rings is 1. The third kappa shape index (κ3) is 6.05. The topological polar surface area (TPSA) is 44.4 Å². The van der Waals surface area contributed by atoms with E-state index in [1.165, 1.54) is 11.0 Å². The molecule has 0 bridgehead atoms. The van der Waals surface area contributed by atoms with Gasteiger partial charge in [0.25, 0.3) is 0 Å². The predicted molar refractivity (Wildman–Crippen MR) is 77.5 cm³/mol. The Morgan fingerprint density at radius 2 is 2.04 bits per heavy atom. The van der Waals surface area contributed by atoms with E-state index in [-0.39, 0.29) is 24.9 Å². The van der Waals surface area contributed by atoms with Gasteiger partial charge in [-0.25, -0.2) is 9.18 Å². The van der Waals surface area contributed by atoms with Crippen molar-refractivity contribution in [1.82, 2.24) is 15.5 Å². The quantitative estimate of drug-likeness (QED) is 0.812. The molecule has 2 rings (SSSR count). The number of carbonyl (C=O) groups is 1. The van der Waals surface area contributed by atoms with Gasteiger partial charge < -0.3 is 10.6 Å². The summed E-state index contributed by atoms with van der Waals surface area (Å²) >= 11 is 0. The van der Waals surface area contributed by atoms with E-state index in [0.717, 1.165) is 0 Å². The van der Waals surface area contributed by atoms with Gasteiger partial charge in [0, 0.05) is 25.7 Å². The van der Waals surface area contributed by atoms with E-state index < -0.39 is 18.8 Å². The van der Waals surface area contributed by atoms with Gasteiger partial charge in [0.15, 0.2) is 0 Å². The number of hydrogen-bond acceptors (Lipinski definition) is 2. The lowest BCUT2D eigenvalue weighted by atomic mass is 10.1. The zero-order valence-electron chi connectivity index (χ0n) is 12.5. The highest BCUT2D eigenvalue weighted by atomic mass is 19.4. The minimum absolute atomic E-state index is 0.181. The zero-order chi connectivity index (χ0) is 16.9. The van der Waals surface area contributed by atoms with Crippen molar-refractivity contribution in [2.24, 2.45) is 0 Å². The minimum Gasteiger partial charge on any atom is -0.338 e. The molecule has 1 aromatic rings. The Morgan fingerprint density at radius 1 is 1.30 bits per heavy atom. The summed E-state index contributed by atoms with van der Waals surface area (Å²) in [5, 5.41) is 5.23. The van der Waals surface area contributed by atoms with Gasteiger partial charge in [-0.15, -0.1) is 0 Å². The van der Waals surface area contributed by atoms with Crippen molar-refractivity contribution >= 4 is 6.03 Å². The molecule has 0 saturated carbocycles. The molecule has 0 aromatic heterocycles. The molecular formula is C15H19F4N3O. The Balaban J connectivity index is 1.67. The van der Waals surface area contributed by atoms with Crippen LogP contribution in [0.4, 0.5) is 22.4 Å². The maximum Gasteiger partial charge on any atom is 0.401 e. The van der Waals surface area contributed by atoms with E-state index in [2.05, 4.69) is 10.6 Å². The molecule has 1 aromatic carbocycles. The first kappa shape index (κ1) is 17.5. The Bertz CT molecular complexity index is 536. The van der Waals surface area contributed by atoms with Crippen molar-refractivity contribution < 1.29 is 22.4 Å². The van der Waals surface area contributed by atoms with E-state index >= 15 is 0 Å². The largest absolute Gasteiger partial charge is 0.401 e. The van der Waals surface area contributed by atoms with E-state index in [4.69, 9.17) is 0 Å². The zero-order valence-corrected chi connectivity index (χ0v) is 12.5. The smallest absolute Gasteiger partial charge is 0.338 e. The molecule has 1 atom stereocenters. The third-order valence-electron chi connectivity index (χ3n) is 3.65. The standard InChI is InChI=1S/C15H19F4N3O/c16-13-4-2-1-3-11(13)5-7-20-14(23)21-12-6-8-22(9-12)10-15(17,18)19/h1-4,12H,5-10H2,(H2,20,21,23)/t12-/m0/s1. The normalized spacial score (nSPS) is 18.9. The number of alkyl halides is 3. The molecule has 0 radical (unpaired) electrons. The molecule has 1 heterocycles. The lowest BCUT2D eigenvalue weighted by Crippen LogP contribution is -2.44. The molecule has 23 heavy (non-hydrogen) atoms. The predicted octanol–water partition coefficient (Wildman–Crippen LogP) is 2.30. The van der Waals surface area contributed by atoms with Gasteiger partial charge in [-0.2, -0.15) is 13.2 Å². The first-order chi connectivity index (χ1) is 10.8. The second-order valence-corrected chi connectivity index (χ2v) is 5.58. The number of carbonyl (C=O) groups excluding carboxylic acids is 1. The van der Waals surface area contributed by atoms with E-state index in [9.17, 15) is 22.4 Å². The van der Waals surface area contributed by atoms with Crippen LogP contribution in [0.15, 0.2) is 24.3 Å². The summed E-state index contributed by atoms with van der Waals surface area (Å²) in [4.78, 5) is 13.0. The average molecular weight is 333 g/mol. The van der Waals surface area contributed by atoms with Gasteiger partial charge in [0.1, 0.15) is 5.82 Å². The fourth-order valence-electron chi connectivity index (χ4n) is 2.60. The SMILES string of the molecule is O=C(NCCc1ccccc1F)N[C@H]1CCN(CC(F)(F)F)C1. The number of nitrogens with zero attached hydrogens (tertiary/aromatic N) is 1. The molecule has 1 fully saturated rings. The van der Waals surface area contributed by atoms with E-state index in [0.29, 0.717) is 24.9 Å². The van der Waals surface area contributed by atoms with Crippen LogP contribution in [0, 0.1) is 5.82 Å². The van der Waals surface area contributed by atoms with Crippen LogP contribution in [0.5, 0.6) is 0 Å². The molecule has 1 aliphatic heterocycles. The molecule has 2 amide bonds. The van der Waals surface area contributed by atoms with Crippen LogP contribution in [0.2, 0.25) is 0 Å². The van der Waals surface area contributed by atoms with Crippen LogP contribution in [-0.4, -0.2) is 49.3 Å². The van der Waals surface area contributed by atoms with E-state index in [1.807, 2.05) is 0 Å². The van der Waals surface area contributed by atoms with Gasteiger partial charge in [-0.3, -0.25) is 4.90 Å². The van der Waals surface area contributed by atoms with E-state index in [1.54, 1.807) is 18.2 Å². The van der Waals surface area contributed by atoms with Gasteiger partial charge >= 0.3 is 12.2 Å². The minimum atomic E-state index is -4.23. The highest BCUT2D eigenvalue weighted by Gasteiger charge is 2.34. The fraction of sp³-hybridized carbons (Fsp3) is 0.533. The lowest BCUT2D eigenvalue weighted by Gasteiger charge is -2.18. The van der Waals surface area contributed by atoms with Crippen molar-refractivity contribution in [3.8, 4) is 0 Å². The highest BCUT2D eigenvalue weighted by Crippen LogP contribution is 2.19. The first-order valence-corrected chi connectivity index (χ1v) is 7.40. The molecule has 0 aliphatic carbocycles. The summed E-state index contributed by atoms with van der Waals surface area (Å²) in [5.74, 6) is -0.326. The second-order valence-electron chi connectivity index (χ2n) is 5.58. The van der Waals surface area contributed by atoms with Gasteiger partial charge in [-0.1, -0.05) is 18.2 Å². The molecule has 0 unspecified atom stereocenters. The number of urea groups is 1. The van der Waals surface area contributed by atoms with Crippen LogP contribution in [0.25, 0.3) is 0 Å². The molecule has 2 N–H and O–H groups in total.